The van der Waals surface area contributed by atoms with Gasteiger partial charge in [0.15, 0.2) is 0 Å². The van der Waals surface area contributed by atoms with Crippen LogP contribution in [0, 0.1) is 5.41 Å². The van der Waals surface area contributed by atoms with E-state index in [-0.39, 0.29) is 6.61 Å². The molecule has 0 aliphatic heterocycles. The van der Waals surface area contributed by atoms with Gasteiger partial charge in [-0.3, -0.25) is 0 Å². The number of aliphatic hydroxyl groups excluding tert-OH is 1. The van der Waals surface area contributed by atoms with Gasteiger partial charge in [0, 0.05) is 23.3 Å². The molecule has 0 bridgehead atoms. The fraction of sp³-hybridized carbons (Fsp3) is 0.621. The van der Waals surface area contributed by atoms with Crippen LogP contribution in [0.15, 0.2) is 22.7 Å². The molecule has 36 heavy (non-hydrogen) atoms. The third kappa shape index (κ3) is 4.97. The van der Waals surface area contributed by atoms with Crippen LogP contribution in [-0.2, 0) is 6.61 Å². The fourth-order valence-electron chi connectivity index (χ4n) is 6.26. The van der Waals surface area contributed by atoms with E-state index in [0.29, 0.717) is 23.3 Å². The second kappa shape index (κ2) is 9.90. The van der Waals surface area contributed by atoms with E-state index in [0.717, 1.165) is 32.6 Å². The van der Waals surface area contributed by atoms with Crippen molar-refractivity contribution in [3.8, 4) is 0 Å². The first-order valence-electron chi connectivity index (χ1n) is 13.8. The number of hydrogen-bond donors (Lipinski definition) is 2. The third-order valence-electron chi connectivity index (χ3n) is 8.95. The molecule has 2 N–H and O–H groups in total. The lowest BCUT2D eigenvalue weighted by atomic mass is 9.77. The highest BCUT2D eigenvalue weighted by atomic mass is 32.1. The minimum absolute atomic E-state index is 0.103. The molecule has 0 amide bonds. The predicted octanol–water partition coefficient (Wildman–Crippen LogP) is 7.52. The van der Waals surface area contributed by atoms with Crippen LogP contribution in [0.2, 0.25) is 0 Å². The van der Waals surface area contributed by atoms with Crippen molar-refractivity contribution in [2.45, 2.75) is 108 Å². The van der Waals surface area contributed by atoms with Crippen LogP contribution in [0.4, 0.5) is 0 Å². The van der Waals surface area contributed by atoms with Crippen molar-refractivity contribution in [3.63, 3.8) is 0 Å². The topological polar surface area (TPSA) is 96.5 Å². The Balaban J connectivity index is 0.000000133. The van der Waals surface area contributed by atoms with Crippen molar-refractivity contribution in [2.24, 2.45) is 5.41 Å². The van der Waals surface area contributed by atoms with Crippen molar-refractivity contribution in [3.05, 3.63) is 45.8 Å². The Labute approximate surface area is 216 Å². The van der Waals surface area contributed by atoms with E-state index in [1.54, 1.807) is 23.5 Å². The molecule has 3 aromatic rings. The number of thiazole rings is 1. The quantitative estimate of drug-likeness (QED) is 0.370. The molecule has 7 heteroatoms. The lowest BCUT2D eigenvalue weighted by molar-refractivity contribution is 0.0697. The molecule has 0 radical (unpaired) electrons. The van der Waals surface area contributed by atoms with Crippen LogP contribution in [-0.4, -0.2) is 26.3 Å². The molecule has 4 aliphatic carbocycles. The molecular formula is C29H36N2O4S. The number of aromatic carboxylic acids is 1. The number of fused-ring (bicyclic) bond motifs is 1. The molecule has 0 unspecified atom stereocenters. The molecule has 0 saturated heterocycles. The average molecular weight is 509 g/mol. The summed E-state index contributed by atoms with van der Waals surface area (Å²) in [5, 5.41) is 24.1. The summed E-state index contributed by atoms with van der Waals surface area (Å²) in [4.78, 5) is 15.6. The first-order chi connectivity index (χ1) is 17.5. The maximum Gasteiger partial charge on any atom is 0.335 e. The molecule has 4 fully saturated rings. The van der Waals surface area contributed by atoms with Crippen LogP contribution in [0.5, 0.6) is 0 Å². The summed E-state index contributed by atoms with van der Waals surface area (Å²) in [5.41, 5.74) is 4.11. The number of carboxylic acids is 1. The molecule has 0 atom stereocenters. The summed E-state index contributed by atoms with van der Waals surface area (Å²) in [6.45, 7) is 0.103. The van der Waals surface area contributed by atoms with Gasteiger partial charge in [-0.15, -0.1) is 11.3 Å². The van der Waals surface area contributed by atoms with Crippen molar-refractivity contribution < 1.29 is 19.5 Å². The number of aromatic nitrogens is 2. The lowest BCUT2D eigenvalue weighted by Crippen LogP contribution is -2.15. The fourth-order valence-corrected chi connectivity index (χ4v) is 7.44. The Kier molecular flexibility index (Phi) is 6.63. The number of carboxylic acid groups (broad SMARTS) is 1. The van der Waals surface area contributed by atoms with Crippen LogP contribution < -0.4 is 0 Å². The van der Waals surface area contributed by atoms with Crippen molar-refractivity contribution >= 4 is 27.5 Å². The van der Waals surface area contributed by atoms with Crippen molar-refractivity contribution in [1.82, 2.24) is 10.1 Å². The molecular weight excluding hydrogens is 472 g/mol. The van der Waals surface area contributed by atoms with E-state index in [4.69, 9.17) is 9.63 Å². The second-order valence-electron chi connectivity index (χ2n) is 11.5. The average Bonchev–Trinajstić information content (AvgIpc) is 3.81. The zero-order valence-corrected chi connectivity index (χ0v) is 21.7. The molecule has 1 spiro atoms. The molecule has 4 aliphatic rings. The van der Waals surface area contributed by atoms with Crippen LogP contribution in [0.25, 0.3) is 10.2 Å². The number of carbonyl (C=O) groups is 1. The summed E-state index contributed by atoms with van der Waals surface area (Å²) in [7, 11) is 0. The zero-order valence-electron chi connectivity index (χ0n) is 20.9. The van der Waals surface area contributed by atoms with Gasteiger partial charge < -0.3 is 14.7 Å². The highest BCUT2D eigenvalue weighted by Gasteiger charge is 2.46. The van der Waals surface area contributed by atoms with Crippen molar-refractivity contribution in [1.29, 1.82) is 0 Å². The monoisotopic (exact) mass is 508 g/mol. The molecule has 1 aromatic carbocycles. The van der Waals surface area contributed by atoms with E-state index >= 15 is 0 Å². The smallest absolute Gasteiger partial charge is 0.335 e. The number of nitrogens with zero attached hydrogens (tertiary/aromatic N) is 2. The van der Waals surface area contributed by atoms with E-state index in [9.17, 15) is 9.90 Å². The number of aliphatic hydroxyl groups is 1. The molecule has 7 rings (SSSR count). The molecule has 4 saturated carbocycles. The van der Waals surface area contributed by atoms with E-state index in [1.165, 1.54) is 88.5 Å². The highest BCUT2D eigenvalue weighted by molar-refractivity contribution is 7.18. The van der Waals surface area contributed by atoms with Gasteiger partial charge in [0.25, 0.3) is 0 Å². The summed E-state index contributed by atoms with van der Waals surface area (Å²) >= 11 is 1.66. The SMILES string of the molecule is O=C(O)c1ccc2nc(C3CCCCC3)sc2c1.OCc1c(C2CCC3(CC2)CC3)noc1C1CC1. The van der Waals surface area contributed by atoms with Gasteiger partial charge in [-0.1, -0.05) is 24.4 Å². The second-order valence-corrected chi connectivity index (χ2v) is 12.6. The van der Waals surface area contributed by atoms with E-state index in [1.807, 2.05) is 6.07 Å². The first kappa shape index (κ1) is 24.1. The lowest BCUT2D eigenvalue weighted by Gasteiger charge is -2.27. The molecule has 6 nitrogen and oxygen atoms in total. The van der Waals surface area contributed by atoms with Gasteiger partial charge in [-0.05, 0) is 87.8 Å². The van der Waals surface area contributed by atoms with Gasteiger partial charge in [0.05, 0.1) is 33.1 Å². The summed E-state index contributed by atoms with van der Waals surface area (Å²) < 4.78 is 6.52. The summed E-state index contributed by atoms with van der Waals surface area (Å²) in [5.74, 6) is 1.79. The zero-order chi connectivity index (χ0) is 24.7. The maximum atomic E-state index is 10.9. The molecule has 2 aromatic heterocycles. The van der Waals surface area contributed by atoms with E-state index < -0.39 is 5.97 Å². The molecule has 192 valence electrons. The first-order valence-corrected chi connectivity index (χ1v) is 14.6. The maximum absolute atomic E-state index is 10.9. The Morgan fingerprint density at radius 3 is 2.36 bits per heavy atom. The number of benzene rings is 1. The summed E-state index contributed by atoms with van der Waals surface area (Å²) in [6, 6.07) is 5.19. The van der Waals surface area contributed by atoms with Crippen LogP contribution >= 0.6 is 11.3 Å². The predicted molar refractivity (Wildman–Crippen MR) is 140 cm³/mol. The van der Waals surface area contributed by atoms with E-state index in [2.05, 4.69) is 10.1 Å². The highest BCUT2D eigenvalue weighted by Crippen LogP contribution is 2.59. The normalized spacial score (nSPS) is 21.9. The summed E-state index contributed by atoms with van der Waals surface area (Å²) in [6.07, 6.45) is 16.9. The minimum atomic E-state index is -0.871. The van der Waals surface area contributed by atoms with Crippen molar-refractivity contribution in [2.75, 3.05) is 0 Å². The number of rotatable bonds is 5. The van der Waals surface area contributed by atoms with Gasteiger partial charge in [-0.25, -0.2) is 9.78 Å². The Morgan fingerprint density at radius 1 is 0.972 bits per heavy atom. The Morgan fingerprint density at radius 2 is 1.72 bits per heavy atom. The Bertz CT molecular complexity index is 1220. The van der Waals surface area contributed by atoms with Gasteiger partial charge in [0.2, 0.25) is 0 Å². The standard InChI is InChI=1S/C15H21NO2.C14H15NO2S/c17-9-12-13(16-18-14(12)11-1-2-11)10-3-5-15(6-4-10)7-8-15;16-14(17)10-6-7-11-12(8-10)18-13(15-11)9-4-2-1-3-5-9/h10-11,17H,1-9H2;6-9H,1-5H2,(H,16,17). The minimum Gasteiger partial charge on any atom is -0.478 e. The Hall–Kier alpha value is -2.25. The largest absolute Gasteiger partial charge is 0.478 e. The van der Waals surface area contributed by atoms with Gasteiger partial charge in [-0.2, -0.15) is 0 Å². The third-order valence-corrected chi connectivity index (χ3v) is 10.1. The van der Waals surface area contributed by atoms with Crippen LogP contribution in [0.1, 0.15) is 134 Å². The van der Waals surface area contributed by atoms with Crippen LogP contribution in [0.3, 0.4) is 0 Å². The number of hydrogen-bond acceptors (Lipinski definition) is 6. The van der Waals surface area contributed by atoms with Gasteiger partial charge in [0.1, 0.15) is 5.76 Å². The van der Waals surface area contributed by atoms with Gasteiger partial charge >= 0.3 is 5.97 Å². The molecule has 2 heterocycles.